The van der Waals surface area contributed by atoms with Crippen molar-refractivity contribution >= 4 is 40.1 Å². The second-order valence-corrected chi connectivity index (χ2v) is 7.95. The highest BCUT2D eigenvalue weighted by atomic mass is 35.5. The van der Waals surface area contributed by atoms with E-state index in [1.165, 1.54) is 0 Å². The molecule has 0 saturated carbocycles. The van der Waals surface area contributed by atoms with Crippen molar-refractivity contribution in [3.63, 3.8) is 0 Å². The van der Waals surface area contributed by atoms with Crippen LogP contribution in [0.15, 0.2) is 23.0 Å². The maximum Gasteiger partial charge on any atom is 0.262 e. The molecule has 6 N–H and O–H groups in total. The molecule has 4 rings (SSSR count). The first-order chi connectivity index (χ1) is 14.9. The van der Waals surface area contributed by atoms with Crippen LogP contribution >= 0.6 is 11.6 Å². The molecule has 0 spiro atoms. The third-order valence-electron chi connectivity index (χ3n) is 5.37. The number of rotatable bonds is 5. The molecule has 0 amide bonds. The minimum Gasteiger partial charge on any atom is -0.382 e. The fourth-order valence-corrected chi connectivity index (χ4v) is 4.11. The molecule has 31 heavy (non-hydrogen) atoms. The van der Waals surface area contributed by atoms with Crippen molar-refractivity contribution in [2.75, 3.05) is 29.9 Å². The molecular formula is C20H22ClN9O. The van der Waals surface area contributed by atoms with E-state index in [1.54, 1.807) is 22.8 Å². The maximum absolute atomic E-state index is 13.4. The van der Waals surface area contributed by atoms with Crippen LogP contribution in [0.25, 0.3) is 10.9 Å². The Bertz CT molecular complexity index is 1240. The van der Waals surface area contributed by atoms with Gasteiger partial charge in [0.1, 0.15) is 23.3 Å². The second-order valence-electron chi connectivity index (χ2n) is 7.55. The van der Waals surface area contributed by atoms with E-state index >= 15 is 0 Å². The van der Waals surface area contributed by atoms with Gasteiger partial charge in [-0.3, -0.25) is 9.36 Å². The van der Waals surface area contributed by atoms with Crippen LogP contribution in [0.4, 0.5) is 17.6 Å². The van der Waals surface area contributed by atoms with Gasteiger partial charge in [-0.15, -0.1) is 0 Å². The van der Waals surface area contributed by atoms with E-state index in [-0.39, 0.29) is 28.7 Å². The monoisotopic (exact) mass is 439 g/mol. The van der Waals surface area contributed by atoms with Crippen LogP contribution < -0.4 is 27.7 Å². The molecule has 1 fully saturated rings. The molecule has 10 nitrogen and oxygen atoms in total. The Morgan fingerprint density at radius 1 is 1.39 bits per heavy atom. The summed E-state index contributed by atoms with van der Waals surface area (Å²) >= 11 is 6.32. The zero-order valence-electron chi connectivity index (χ0n) is 16.9. The number of nitrogens with zero attached hydrogens (tertiary/aromatic N) is 5. The van der Waals surface area contributed by atoms with Crippen molar-refractivity contribution in [1.82, 2.24) is 24.8 Å². The van der Waals surface area contributed by atoms with Gasteiger partial charge in [0, 0.05) is 6.54 Å². The lowest BCUT2D eigenvalue weighted by Crippen LogP contribution is -2.32. The number of halogens is 1. The van der Waals surface area contributed by atoms with Gasteiger partial charge in [0.05, 0.1) is 22.0 Å². The van der Waals surface area contributed by atoms with E-state index in [9.17, 15) is 10.1 Å². The van der Waals surface area contributed by atoms with Crippen molar-refractivity contribution < 1.29 is 0 Å². The summed E-state index contributed by atoms with van der Waals surface area (Å²) in [4.78, 5) is 26.1. The average molecular weight is 440 g/mol. The number of nitrogens with two attached hydrogens (primary N) is 2. The third kappa shape index (κ3) is 3.97. The number of aromatic nitrogens is 4. The van der Waals surface area contributed by atoms with Gasteiger partial charge in [0.2, 0.25) is 5.95 Å². The zero-order chi connectivity index (χ0) is 22.1. The van der Waals surface area contributed by atoms with Gasteiger partial charge in [0.15, 0.2) is 5.82 Å². The largest absolute Gasteiger partial charge is 0.382 e. The van der Waals surface area contributed by atoms with Crippen LogP contribution in [0.2, 0.25) is 5.02 Å². The van der Waals surface area contributed by atoms with E-state index in [1.807, 2.05) is 13.0 Å². The van der Waals surface area contributed by atoms with Crippen molar-refractivity contribution in [2.24, 2.45) is 5.92 Å². The summed E-state index contributed by atoms with van der Waals surface area (Å²) < 4.78 is 1.66. The molecule has 1 aliphatic heterocycles. The number of benzene rings is 1. The Kier molecular flexibility index (Phi) is 5.63. The number of anilines is 3. The lowest BCUT2D eigenvalue weighted by Gasteiger charge is -2.22. The number of hydrogen-bond acceptors (Lipinski definition) is 9. The van der Waals surface area contributed by atoms with Gasteiger partial charge in [0.25, 0.3) is 5.56 Å². The minimum absolute atomic E-state index is 0.0163. The lowest BCUT2D eigenvalue weighted by atomic mass is 10.1. The first-order valence-electron chi connectivity index (χ1n) is 9.88. The normalized spacial score (nSPS) is 16.9. The third-order valence-corrected chi connectivity index (χ3v) is 5.69. The number of hydrogen-bond donors (Lipinski definition) is 4. The molecule has 0 radical (unpaired) electrons. The summed E-state index contributed by atoms with van der Waals surface area (Å²) in [7, 11) is 0. The van der Waals surface area contributed by atoms with E-state index < -0.39 is 6.04 Å². The Morgan fingerprint density at radius 3 is 2.90 bits per heavy atom. The van der Waals surface area contributed by atoms with Crippen molar-refractivity contribution in [3.8, 4) is 6.07 Å². The van der Waals surface area contributed by atoms with Crippen LogP contribution in [0.3, 0.4) is 0 Å². The van der Waals surface area contributed by atoms with Crippen LogP contribution in [-0.4, -0.2) is 32.6 Å². The van der Waals surface area contributed by atoms with E-state index in [0.717, 1.165) is 19.5 Å². The number of fused-ring (bicyclic) bond motifs is 1. The van der Waals surface area contributed by atoms with E-state index in [4.69, 9.17) is 28.1 Å². The van der Waals surface area contributed by atoms with Gasteiger partial charge < -0.3 is 22.1 Å². The average Bonchev–Trinajstić information content (AvgIpc) is 3.22. The van der Waals surface area contributed by atoms with Gasteiger partial charge in [-0.2, -0.15) is 15.2 Å². The zero-order valence-corrected chi connectivity index (χ0v) is 17.6. The molecule has 2 atom stereocenters. The Labute approximate surface area is 183 Å². The van der Waals surface area contributed by atoms with E-state index in [2.05, 4.69) is 20.6 Å². The summed E-state index contributed by atoms with van der Waals surface area (Å²) in [5.41, 5.74) is 11.9. The molecule has 0 aliphatic carbocycles. The van der Waals surface area contributed by atoms with Crippen molar-refractivity contribution in [3.05, 3.63) is 45.0 Å². The first kappa shape index (κ1) is 20.8. The van der Waals surface area contributed by atoms with Crippen molar-refractivity contribution in [2.45, 2.75) is 25.9 Å². The summed E-state index contributed by atoms with van der Waals surface area (Å²) in [5, 5.41) is 16.6. The highest BCUT2D eigenvalue weighted by molar-refractivity contribution is 6.35. The smallest absolute Gasteiger partial charge is 0.262 e. The summed E-state index contributed by atoms with van der Waals surface area (Å²) in [5.74, 6) is 0.919. The molecule has 0 unspecified atom stereocenters. The van der Waals surface area contributed by atoms with Gasteiger partial charge in [-0.05, 0) is 44.5 Å². The quantitative estimate of drug-likeness (QED) is 0.463. The SMILES string of the molecule is C[C@H](Nc1nc(N)nc(N)c1C#N)c1nc2cccc(Cl)c2c(=O)n1C[C@H]1CCNC1. The first-order valence-corrected chi connectivity index (χ1v) is 10.3. The molecule has 1 aliphatic rings. The van der Waals surface area contributed by atoms with Crippen molar-refractivity contribution in [1.29, 1.82) is 5.26 Å². The molecule has 3 heterocycles. The molecule has 1 aromatic carbocycles. The predicted molar refractivity (Wildman–Crippen MR) is 120 cm³/mol. The standard InChI is InChI=1S/C20H22ClN9O/c1-10(26-17-12(7-22)16(23)28-20(24)29-17)18-27-14-4-2-3-13(21)15(14)19(31)30(18)9-11-5-6-25-8-11/h2-4,10-11,25H,5-6,8-9H2,1H3,(H5,23,24,26,28,29)/t10-,11-/m0/s1. The van der Waals surface area contributed by atoms with Crippen LogP contribution in [0.5, 0.6) is 0 Å². The second kappa shape index (κ2) is 8.37. The van der Waals surface area contributed by atoms with Crippen LogP contribution in [0, 0.1) is 17.2 Å². The number of nitriles is 1. The van der Waals surface area contributed by atoms with Crippen LogP contribution in [-0.2, 0) is 6.54 Å². The van der Waals surface area contributed by atoms with Gasteiger partial charge >= 0.3 is 0 Å². The Morgan fingerprint density at radius 2 is 2.19 bits per heavy atom. The predicted octanol–water partition coefficient (Wildman–Crippen LogP) is 1.66. The highest BCUT2D eigenvalue weighted by Crippen LogP contribution is 2.26. The maximum atomic E-state index is 13.4. The van der Waals surface area contributed by atoms with Gasteiger partial charge in [-0.1, -0.05) is 17.7 Å². The molecular weight excluding hydrogens is 418 g/mol. The molecule has 0 bridgehead atoms. The molecule has 1 saturated heterocycles. The summed E-state index contributed by atoms with van der Waals surface area (Å²) in [6.45, 7) is 4.07. The van der Waals surface area contributed by atoms with E-state index in [0.29, 0.717) is 34.2 Å². The molecule has 2 aromatic heterocycles. The topological polar surface area (TPSA) is 161 Å². The Balaban J connectivity index is 1.82. The minimum atomic E-state index is -0.480. The highest BCUT2D eigenvalue weighted by Gasteiger charge is 2.24. The summed E-state index contributed by atoms with van der Waals surface area (Å²) in [6.07, 6.45) is 0.964. The number of nitrogen functional groups attached to an aromatic ring is 2. The van der Waals surface area contributed by atoms with Crippen LogP contribution in [0.1, 0.15) is 30.8 Å². The molecule has 11 heteroatoms. The fraction of sp³-hybridized carbons (Fsp3) is 0.350. The number of nitrogens with one attached hydrogen (secondary N) is 2. The summed E-state index contributed by atoms with van der Waals surface area (Å²) in [6, 6.07) is 6.69. The lowest BCUT2D eigenvalue weighted by molar-refractivity contribution is 0.450. The Hall–Kier alpha value is -3.42. The van der Waals surface area contributed by atoms with Gasteiger partial charge in [-0.25, -0.2) is 4.98 Å². The molecule has 3 aromatic rings. The fourth-order valence-electron chi connectivity index (χ4n) is 3.86. The molecule has 160 valence electrons.